The predicted molar refractivity (Wildman–Crippen MR) is 130 cm³/mol. The molecule has 2 atom stereocenters. The number of aromatic nitrogens is 2. The molecule has 2 fully saturated rings. The summed E-state index contributed by atoms with van der Waals surface area (Å²) in [6.45, 7) is 5.00. The summed E-state index contributed by atoms with van der Waals surface area (Å²) in [5.74, 6) is 0.275. The van der Waals surface area contributed by atoms with Gasteiger partial charge in [0.1, 0.15) is 5.69 Å². The summed E-state index contributed by atoms with van der Waals surface area (Å²) in [5.41, 5.74) is 4.84. The maximum absolute atomic E-state index is 12.7. The van der Waals surface area contributed by atoms with E-state index in [4.69, 9.17) is 0 Å². The Balaban J connectivity index is 1.19. The van der Waals surface area contributed by atoms with Crippen LogP contribution in [0.1, 0.15) is 53.3 Å². The van der Waals surface area contributed by atoms with Crippen molar-refractivity contribution in [1.82, 2.24) is 20.2 Å². The average Bonchev–Trinajstić information content (AvgIpc) is 3.35. The number of rotatable bonds is 4. The molecule has 0 radical (unpaired) electrons. The molecule has 1 aliphatic carbocycles. The largest absolute Gasteiger partial charge is 0.374 e. The zero-order valence-corrected chi connectivity index (χ0v) is 19.6. The molecule has 2 N–H and O–H groups in total. The summed E-state index contributed by atoms with van der Waals surface area (Å²) in [4.78, 5) is 39.1. The molecule has 2 aliphatic heterocycles. The molecule has 1 saturated carbocycles. The van der Waals surface area contributed by atoms with Gasteiger partial charge in [-0.1, -0.05) is 0 Å². The van der Waals surface area contributed by atoms with Gasteiger partial charge in [-0.2, -0.15) is 0 Å². The van der Waals surface area contributed by atoms with E-state index in [2.05, 4.69) is 43.1 Å². The summed E-state index contributed by atoms with van der Waals surface area (Å²) < 4.78 is 0. The van der Waals surface area contributed by atoms with Crippen molar-refractivity contribution < 1.29 is 4.79 Å². The summed E-state index contributed by atoms with van der Waals surface area (Å²) in [6, 6.07) is 6.60. The monoisotopic (exact) mass is 450 g/mol. The zero-order valence-electron chi connectivity index (χ0n) is 19.6. The van der Waals surface area contributed by atoms with Gasteiger partial charge in [-0.05, 0) is 50.3 Å². The number of hydrogen-bond donors (Lipinski definition) is 2. The second-order valence-electron chi connectivity index (χ2n) is 9.61. The molecule has 8 nitrogen and oxygen atoms in total. The van der Waals surface area contributed by atoms with Crippen LogP contribution in [0, 0.1) is 0 Å². The van der Waals surface area contributed by atoms with E-state index in [0.717, 1.165) is 81.0 Å². The number of nitrogens with one attached hydrogen (secondary N) is 2. The normalized spacial score (nSPS) is 23.5. The molecule has 2 aromatic heterocycles. The van der Waals surface area contributed by atoms with E-state index in [0.29, 0.717) is 17.7 Å². The first kappa shape index (κ1) is 21.9. The minimum absolute atomic E-state index is 0.113. The van der Waals surface area contributed by atoms with E-state index in [1.54, 1.807) is 19.3 Å². The first-order chi connectivity index (χ1) is 16.0. The van der Waals surface area contributed by atoms with Crippen LogP contribution in [0.2, 0.25) is 0 Å². The summed E-state index contributed by atoms with van der Waals surface area (Å²) in [7, 11) is 3.71. The van der Waals surface area contributed by atoms with E-state index in [-0.39, 0.29) is 11.5 Å². The highest BCUT2D eigenvalue weighted by Crippen LogP contribution is 2.38. The van der Waals surface area contributed by atoms with Crippen molar-refractivity contribution in [3.63, 3.8) is 0 Å². The molecular formula is C25H34N6O2. The number of hydrogen-bond acceptors (Lipinski definition) is 6. The third-order valence-electron chi connectivity index (χ3n) is 7.71. The van der Waals surface area contributed by atoms with Gasteiger partial charge in [-0.15, -0.1) is 0 Å². The van der Waals surface area contributed by atoms with E-state index < -0.39 is 0 Å². The summed E-state index contributed by atoms with van der Waals surface area (Å²) in [5, 5.41) is 2.61. The zero-order chi connectivity index (χ0) is 22.9. The minimum atomic E-state index is -0.158. The van der Waals surface area contributed by atoms with Crippen LogP contribution in [0.3, 0.4) is 0 Å². The molecule has 8 heteroatoms. The lowest BCUT2D eigenvalue weighted by Crippen LogP contribution is -2.49. The molecule has 0 bridgehead atoms. The van der Waals surface area contributed by atoms with Crippen molar-refractivity contribution in [3.05, 3.63) is 51.7 Å². The first-order valence-electron chi connectivity index (χ1n) is 12.2. The Kier molecular flexibility index (Phi) is 6.10. The lowest BCUT2D eigenvalue weighted by molar-refractivity contribution is 0.0958. The molecule has 33 heavy (non-hydrogen) atoms. The molecule has 176 valence electrons. The maximum atomic E-state index is 12.7. The number of piperazine rings is 1. The van der Waals surface area contributed by atoms with Crippen molar-refractivity contribution in [2.24, 2.45) is 0 Å². The Labute approximate surface area is 195 Å². The fourth-order valence-electron chi connectivity index (χ4n) is 5.76. The third kappa shape index (κ3) is 4.36. The number of H-pyrrole nitrogens is 1. The Hall–Kier alpha value is -2.87. The average molecular weight is 451 g/mol. The summed E-state index contributed by atoms with van der Waals surface area (Å²) >= 11 is 0. The Morgan fingerprint density at radius 2 is 1.97 bits per heavy atom. The van der Waals surface area contributed by atoms with Gasteiger partial charge >= 0.3 is 0 Å². The molecule has 4 heterocycles. The molecule has 1 amide bonds. The minimum Gasteiger partial charge on any atom is -0.374 e. The van der Waals surface area contributed by atoms with E-state index in [1.165, 1.54) is 6.42 Å². The Morgan fingerprint density at radius 3 is 2.70 bits per heavy atom. The van der Waals surface area contributed by atoms with Gasteiger partial charge in [-0.25, -0.2) is 4.98 Å². The van der Waals surface area contributed by atoms with Gasteiger partial charge in [0, 0.05) is 75.7 Å². The Morgan fingerprint density at radius 1 is 1.15 bits per heavy atom. The van der Waals surface area contributed by atoms with E-state index >= 15 is 0 Å². The molecular weight excluding hydrogens is 416 g/mol. The van der Waals surface area contributed by atoms with E-state index in [1.807, 2.05) is 6.07 Å². The van der Waals surface area contributed by atoms with Crippen molar-refractivity contribution in [3.8, 4) is 0 Å². The Bertz CT molecular complexity index is 1060. The number of fused-ring (bicyclic) bond motifs is 1. The van der Waals surface area contributed by atoms with Gasteiger partial charge in [0.05, 0.1) is 11.9 Å². The van der Waals surface area contributed by atoms with Gasteiger partial charge in [0.15, 0.2) is 0 Å². The number of amides is 1. The fraction of sp³-hybridized carbons (Fsp3) is 0.560. The van der Waals surface area contributed by atoms with Gasteiger partial charge in [-0.3, -0.25) is 14.5 Å². The molecule has 3 aliphatic rings. The predicted octanol–water partition coefficient (Wildman–Crippen LogP) is 1.97. The van der Waals surface area contributed by atoms with Crippen LogP contribution in [0.15, 0.2) is 29.2 Å². The highest BCUT2D eigenvalue weighted by atomic mass is 16.1. The number of carbonyl (C=O) groups excluding carboxylic acids is 1. The summed E-state index contributed by atoms with van der Waals surface area (Å²) in [6.07, 6.45) is 7.17. The second-order valence-corrected chi connectivity index (χ2v) is 9.61. The smallest absolute Gasteiger partial charge is 0.269 e. The quantitative estimate of drug-likeness (QED) is 0.741. The standard InChI is InChI=1S/C25H34N6O2/c1-26-25(33)21-8-7-19(16-27-21)31-12-10-30(11-13-31)18-6-5-17(14-18)22-15-23-20(24(32)28-22)4-3-9-29(23)2/h7-8,15-18H,3-6,9-14H2,1-2H3,(H,26,33)(H,28,32)/t17-,18-/m1/s1. The van der Waals surface area contributed by atoms with Crippen LogP contribution < -0.4 is 20.7 Å². The van der Waals surface area contributed by atoms with Crippen molar-refractivity contribution >= 4 is 17.3 Å². The number of pyridine rings is 2. The van der Waals surface area contributed by atoms with Gasteiger partial charge in [0.25, 0.3) is 11.5 Å². The molecule has 0 aromatic carbocycles. The highest BCUT2D eigenvalue weighted by Gasteiger charge is 2.33. The van der Waals surface area contributed by atoms with Crippen LogP contribution >= 0.6 is 0 Å². The third-order valence-corrected chi connectivity index (χ3v) is 7.71. The highest BCUT2D eigenvalue weighted by molar-refractivity contribution is 5.92. The van der Waals surface area contributed by atoms with E-state index in [9.17, 15) is 9.59 Å². The lowest BCUT2D eigenvalue weighted by atomic mass is 9.98. The number of anilines is 2. The molecule has 0 unspecified atom stereocenters. The second kappa shape index (κ2) is 9.17. The van der Waals surface area contributed by atoms with Crippen LogP contribution in [-0.4, -0.2) is 73.6 Å². The van der Waals surface area contributed by atoms with Crippen molar-refractivity contribution in [2.45, 2.75) is 44.1 Å². The number of aromatic amines is 1. The maximum Gasteiger partial charge on any atom is 0.269 e. The molecule has 2 aromatic rings. The molecule has 5 rings (SSSR count). The number of nitrogens with zero attached hydrogens (tertiary/aromatic N) is 4. The van der Waals surface area contributed by atoms with Gasteiger partial charge < -0.3 is 20.1 Å². The first-order valence-corrected chi connectivity index (χ1v) is 12.2. The van der Waals surface area contributed by atoms with Crippen LogP contribution in [0.5, 0.6) is 0 Å². The molecule has 1 saturated heterocycles. The van der Waals surface area contributed by atoms with Crippen LogP contribution in [0.25, 0.3) is 0 Å². The SMILES string of the molecule is CNC(=O)c1ccc(N2CCN([C@@H]3CC[C@@H](c4cc5c(c(=O)[nH]4)CCCN5C)C3)CC2)cn1. The van der Waals surface area contributed by atoms with Crippen LogP contribution in [-0.2, 0) is 6.42 Å². The van der Waals surface area contributed by atoms with Crippen molar-refractivity contribution in [1.29, 1.82) is 0 Å². The van der Waals surface area contributed by atoms with Crippen LogP contribution in [0.4, 0.5) is 11.4 Å². The lowest BCUT2D eigenvalue weighted by Gasteiger charge is -2.39. The van der Waals surface area contributed by atoms with Crippen molar-refractivity contribution in [2.75, 3.05) is 56.6 Å². The number of carbonyl (C=O) groups is 1. The molecule has 0 spiro atoms. The van der Waals surface area contributed by atoms with Gasteiger partial charge in [0.2, 0.25) is 0 Å². The fourth-order valence-corrected chi connectivity index (χ4v) is 5.76. The topological polar surface area (TPSA) is 84.6 Å².